The van der Waals surface area contributed by atoms with E-state index in [1.165, 1.54) is 7.11 Å². The topological polar surface area (TPSA) is 80.2 Å². The maximum atomic E-state index is 12.4. The predicted octanol–water partition coefficient (Wildman–Crippen LogP) is 3.35. The van der Waals surface area contributed by atoms with E-state index in [2.05, 4.69) is 0 Å². The van der Waals surface area contributed by atoms with Gasteiger partial charge in [0, 0.05) is 23.8 Å². The van der Waals surface area contributed by atoms with Gasteiger partial charge >= 0.3 is 0 Å². The molecule has 0 radical (unpaired) electrons. The van der Waals surface area contributed by atoms with Gasteiger partial charge < -0.3 is 28.6 Å². The van der Waals surface area contributed by atoms with Gasteiger partial charge in [0.2, 0.25) is 0 Å². The highest BCUT2D eigenvalue weighted by Gasteiger charge is 2.13. The van der Waals surface area contributed by atoms with Crippen molar-refractivity contribution in [2.45, 2.75) is 5.75 Å². The van der Waals surface area contributed by atoms with Crippen LogP contribution >= 0.6 is 0 Å². The molecular weight excluding hydrogens is 356 g/mol. The van der Waals surface area contributed by atoms with Crippen LogP contribution in [-0.2, 0) is 16.9 Å². The third-order valence-corrected chi connectivity index (χ3v) is 4.75. The number of methoxy groups -OCH3 is 4. The van der Waals surface area contributed by atoms with Crippen LogP contribution in [0.3, 0.4) is 0 Å². The Morgan fingerprint density at radius 3 is 2.04 bits per heavy atom. The summed E-state index contributed by atoms with van der Waals surface area (Å²) < 4.78 is 33.3. The van der Waals surface area contributed by atoms with E-state index in [1.54, 1.807) is 63.1 Å². The highest BCUT2D eigenvalue weighted by molar-refractivity contribution is 7.93. The molecule has 7 heteroatoms. The van der Waals surface area contributed by atoms with Gasteiger partial charge in [-0.2, -0.15) is 0 Å². The normalized spacial score (nSPS) is 12.0. The Hall–Kier alpha value is -2.51. The van der Waals surface area contributed by atoms with Crippen molar-refractivity contribution in [3.63, 3.8) is 0 Å². The molecule has 2 aromatic carbocycles. The van der Waals surface area contributed by atoms with Crippen LogP contribution < -0.4 is 18.9 Å². The predicted molar refractivity (Wildman–Crippen MR) is 102 cm³/mol. The van der Waals surface area contributed by atoms with Crippen LogP contribution in [-0.4, -0.2) is 38.1 Å². The van der Waals surface area contributed by atoms with Gasteiger partial charge in [-0.05, 0) is 23.3 Å². The van der Waals surface area contributed by atoms with Gasteiger partial charge in [-0.15, -0.1) is 0 Å². The van der Waals surface area contributed by atoms with Gasteiger partial charge in [-0.1, -0.05) is 6.07 Å². The minimum atomic E-state index is -1.29. The molecule has 1 atom stereocenters. The lowest BCUT2D eigenvalue weighted by Crippen LogP contribution is -2.01. The van der Waals surface area contributed by atoms with Crippen molar-refractivity contribution in [1.82, 2.24) is 0 Å². The van der Waals surface area contributed by atoms with Crippen LogP contribution in [0.4, 0.5) is 0 Å². The average Bonchev–Trinajstić information content (AvgIpc) is 2.65. The monoisotopic (exact) mass is 378 g/mol. The standard InChI is InChI=1S/C19H22O6S/c1-22-14-10-18(24-3)15(19(11-14)25-4)7-8-26(21)12-13-5-6-17(23-2)16(20)9-13/h5-11,20H,12H2,1-4H3. The molecule has 0 spiro atoms. The summed E-state index contributed by atoms with van der Waals surface area (Å²) in [5.74, 6) is 2.36. The summed E-state index contributed by atoms with van der Waals surface area (Å²) in [7, 11) is 6.12. The number of ether oxygens (including phenoxy) is 4. The molecule has 1 N–H and O–H groups in total. The Labute approximate surface area is 156 Å². The number of hydrogen-bond donors (Lipinski definition) is 1. The van der Waals surface area contributed by atoms with E-state index in [1.807, 2.05) is 0 Å². The maximum absolute atomic E-state index is 12.4. The molecule has 0 amide bonds. The van der Waals surface area contributed by atoms with E-state index in [9.17, 15) is 9.66 Å². The Morgan fingerprint density at radius 1 is 0.923 bits per heavy atom. The molecule has 2 aromatic rings. The Morgan fingerprint density at radius 2 is 1.54 bits per heavy atom. The van der Waals surface area contributed by atoms with Crippen LogP contribution in [0.2, 0.25) is 0 Å². The number of hydrogen-bond acceptors (Lipinski definition) is 6. The van der Waals surface area contributed by atoms with Gasteiger partial charge in [-0.3, -0.25) is 0 Å². The zero-order chi connectivity index (χ0) is 19.1. The average molecular weight is 378 g/mol. The second kappa shape index (κ2) is 9.26. The third-order valence-electron chi connectivity index (χ3n) is 3.69. The van der Waals surface area contributed by atoms with E-state index in [-0.39, 0.29) is 11.5 Å². The number of benzene rings is 2. The molecule has 0 saturated carbocycles. The second-order valence-corrected chi connectivity index (χ2v) is 6.60. The van der Waals surface area contributed by atoms with E-state index in [0.29, 0.717) is 28.6 Å². The first-order valence-electron chi connectivity index (χ1n) is 7.73. The minimum Gasteiger partial charge on any atom is -0.612 e. The summed E-state index contributed by atoms with van der Waals surface area (Å²) in [5.41, 5.74) is 1.40. The number of aromatic hydroxyl groups is 1. The van der Waals surface area contributed by atoms with Crippen molar-refractivity contribution in [2.24, 2.45) is 0 Å². The zero-order valence-electron chi connectivity index (χ0n) is 15.1. The van der Waals surface area contributed by atoms with E-state index >= 15 is 0 Å². The molecule has 0 heterocycles. The molecule has 0 bridgehead atoms. The van der Waals surface area contributed by atoms with Crippen LogP contribution in [0.15, 0.2) is 35.7 Å². The molecule has 0 saturated heterocycles. The molecular formula is C19H22O6S. The molecule has 0 aliphatic heterocycles. The zero-order valence-corrected chi connectivity index (χ0v) is 16.0. The lowest BCUT2D eigenvalue weighted by molar-refractivity contribution is 0.373. The van der Waals surface area contributed by atoms with Crippen molar-refractivity contribution < 1.29 is 28.6 Å². The smallest absolute Gasteiger partial charge is 0.160 e. The first kappa shape index (κ1) is 19.8. The molecule has 26 heavy (non-hydrogen) atoms. The van der Waals surface area contributed by atoms with Gasteiger partial charge in [0.15, 0.2) is 11.5 Å². The molecule has 0 aliphatic rings. The number of phenolic OH excluding ortho intramolecular Hbond substituents is 1. The molecule has 6 nitrogen and oxygen atoms in total. The summed E-state index contributed by atoms with van der Waals surface area (Å²) >= 11 is -1.29. The quantitative estimate of drug-likeness (QED) is 0.710. The van der Waals surface area contributed by atoms with Gasteiger partial charge in [0.05, 0.1) is 34.0 Å². The second-order valence-electron chi connectivity index (χ2n) is 5.28. The highest BCUT2D eigenvalue weighted by Crippen LogP contribution is 2.35. The fourth-order valence-electron chi connectivity index (χ4n) is 2.38. The highest BCUT2D eigenvalue weighted by atomic mass is 32.2. The maximum Gasteiger partial charge on any atom is 0.160 e. The summed E-state index contributed by atoms with van der Waals surface area (Å²) in [6, 6.07) is 8.40. The van der Waals surface area contributed by atoms with Crippen LogP contribution in [0, 0.1) is 0 Å². The third kappa shape index (κ3) is 4.77. The Kier molecular flexibility index (Phi) is 7.06. The largest absolute Gasteiger partial charge is 0.612 e. The number of rotatable bonds is 8. The van der Waals surface area contributed by atoms with Crippen molar-refractivity contribution in [2.75, 3.05) is 28.4 Å². The fourth-order valence-corrected chi connectivity index (χ4v) is 3.27. The first-order chi connectivity index (χ1) is 12.5. The van der Waals surface area contributed by atoms with Gasteiger partial charge in [0.25, 0.3) is 0 Å². The van der Waals surface area contributed by atoms with Gasteiger partial charge in [0.1, 0.15) is 28.4 Å². The van der Waals surface area contributed by atoms with E-state index < -0.39 is 11.2 Å². The van der Waals surface area contributed by atoms with Crippen molar-refractivity contribution in [1.29, 1.82) is 0 Å². The fraction of sp³-hybridized carbons (Fsp3) is 0.263. The van der Waals surface area contributed by atoms with Crippen LogP contribution in [0.25, 0.3) is 6.08 Å². The molecule has 0 aromatic heterocycles. The number of phenols is 1. The molecule has 1 unspecified atom stereocenters. The summed E-state index contributed by atoms with van der Waals surface area (Å²) in [5, 5.41) is 11.4. The van der Waals surface area contributed by atoms with Crippen molar-refractivity contribution >= 4 is 17.3 Å². The molecule has 0 fully saturated rings. The summed E-state index contributed by atoms with van der Waals surface area (Å²) in [4.78, 5) is 0. The van der Waals surface area contributed by atoms with E-state index in [0.717, 1.165) is 5.56 Å². The van der Waals surface area contributed by atoms with Crippen LogP contribution in [0.5, 0.6) is 28.7 Å². The molecule has 0 aliphatic carbocycles. The first-order valence-corrected chi connectivity index (χ1v) is 9.11. The summed E-state index contributed by atoms with van der Waals surface area (Å²) in [6.07, 6.45) is 1.69. The Balaban J connectivity index is 2.19. The van der Waals surface area contributed by atoms with Gasteiger partial charge in [-0.25, -0.2) is 0 Å². The lowest BCUT2D eigenvalue weighted by atomic mass is 10.1. The molecule has 140 valence electrons. The lowest BCUT2D eigenvalue weighted by Gasteiger charge is -2.13. The summed E-state index contributed by atoms with van der Waals surface area (Å²) in [6.45, 7) is 0. The van der Waals surface area contributed by atoms with Crippen molar-refractivity contribution in [3.8, 4) is 28.7 Å². The van der Waals surface area contributed by atoms with Crippen LogP contribution in [0.1, 0.15) is 11.1 Å². The minimum absolute atomic E-state index is 0.0180. The Bertz CT molecular complexity index is 750. The SMILES string of the molecule is COc1cc(OC)c(C=C[S+]([O-])Cc2ccc(OC)c(O)c2)c(OC)c1. The van der Waals surface area contributed by atoms with E-state index in [4.69, 9.17) is 18.9 Å². The molecule has 2 rings (SSSR count). The van der Waals surface area contributed by atoms with Crippen molar-refractivity contribution in [3.05, 3.63) is 46.9 Å².